The number of carbonyl (C=O) groups is 2. The van der Waals surface area contributed by atoms with Crippen LogP contribution >= 0.6 is 11.3 Å². The van der Waals surface area contributed by atoms with Crippen molar-refractivity contribution in [1.29, 1.82) is 5.26 Å². The molecule has 1 fully saturated rings. The molecule has 1 aliphatic rings. The molecule has 112 valence electrons. The van der Waals surface area contributed by atoms with Gasteiger partial charge in [-0.1, -0.05) is 0 Å². The SMILES string of the molecule is CC1(OCC(=O)O)CN(CC(=O)Nc2sccc2C#N)C1. The van der Waals surface area contributed by atoms with Crippen molar-refractivity contribution >= 4 is 28.2 Å². The molecule has 1 aromatic rings. The lowest BCUT2D eigenvalue weighted by molar-refractivity contribution is -0.165. The maximum absolute atomic E-state index is 11.9. The van der Waals surface area contributed by atoms with E-state index in [2.05, 4.69) is 5.32 Å². The molecule has 21 heavy (non-hydrogen) atoms. The molecule has 0 bridgehead atoms. The first kappa shape index (κ1) is 15.4. The number of ether oxygens (including phenoxy) is 1. The molecule has 8 heteroatoms. The Morgan fingerprint density at radius 2 is 2.33 bits per heavy atom. The summed E-state index contributed by atoms with van der Waals surface area (Å²) in [5, 5.41) is 22.4. The van der Waals surface area contributed by atoms with Gasteiger partial charge in [0.2, 0.25) is 5.91 Å². The fraction of sp³-hybridized carbons (Fsp3) is 0.462. The van der Waals surface area contributed by atoms with Crippen LogP contribution in [0.2, 0.25) is 0 Å². The lowest BCUT2D eigenvalue weighted by atomic mass is 9.96. The third-order valence-electron chi connectivity index (χ3n) is 3.07. The molecule has 0 saturated carbocycles. The highest BCUT2D eigenvalue weighted by atomic mass is 32.1. The minimum atomic E-state index is -1.01. The van der Waals surface area contributed by atoms with E-state index in [0.29, 0.717) is 23.7 Å². The van der Waals surface area contributed by atoms with E-state index in [0.717, 1.165) is 0 Å². The Morgan fingerprint density at radius 1 is 1.62 bits per heavy atom. The van der Waals surface area contributed by atoms with Gasteiger partial charge in [-0.3, -0.25) is 9.69 Å². The van der Waals surface area contributed by atoms with Crippen LogP contribution < -0.4 is 5.32 Å². The minimum Gasteiger partial charge on any atom is -0.480 e. The van der Waals surface area contributed by atoms with Gasteiger partial charge in [0.1, 0.15) is 17.7 Å². The summed E-state index contributed by atoms with van der Waals surface area (Å²) in [6.07, 6.45) is 0. The molecular formula is C13H15N3O4S. The Bertz CT molecular complexity index is 586. The van der Waals surface area contributed by atoms with Crippen molar-refractivity contribution < 1.29 is 19.4 Å². The Kier molecular flexibility index (Phi) is 4.57. The lowest BCUT2D eigenvalue weighted by Crippen LogP contribution is -2.63. The standard InChI is InChI=1S/C13H15N3O4S/c1-13(20-6-11(18)19)7-16(8-13)5-10(17)15-12-9(4-14)2-3-21-12/h2-3H,5-8H2,1H3,(H,15,17)(H,18,19). The number of thiophene rings is 1. The minimum absolute atomic E-state index is 0.189. The zero-order valence-electron chi connectivity index (χ0n) is 11.5. The van der Waals surface area contributed by atoms with E-state index in [-0.39, 0.29) is 19.1 Å². The number of rotatable bonds is 6. The maximum atomic E-state index is 11.9. The fourth-order valence-corrected chi connectivity index (χ4v) is 2.96. The number of nitrogens with zero attached hydrogens (tertiary/aromatic N) is 2. The molecule has 1 saturated heterocycles. The number of nitriles is 1. The number of amides is 1. The van der Waals surface area contributed by atoms with Crippen molar-refractivity contribution in [2.24, 2.45) is 0 Å². The van der Waals surface area contributed by atoms with E-state index in [1.165, 1.54) is 11.3 Å². The molecule has 0 unspecified atom stereocenters. The van der Waals surface area contributed by atoms with Gasteiger partial charge in [0.15, 0.2) is 0 Å². The number of carboxylic acid groups (broad SMARTS) is 1. The summed E-state index contributed by atoms with van der Waals surface area (Å²) in [5.74, 6) is -1.21. The van der Waals surface area contributed by atoms with Crippen molar-refractivity contribution in [3.8, 4) is 6.07 Å². The summed E-state index contributed by atoms with van der Waals surface area (Å²) < 4.78 is 5.27. The van der Waals surface area contributed by atoms with Gasteiger partial charge in [-0.2, -0.15) is 5.26 Å². The van der Waals surface area contributed by atoms with Crippen LogP contribution in [0.25, 0.3) is 0 Å². The highest BCUT2D eigenvalue weighted by Gasteiger charge is 2.40. The highest BCUT2D eigenvalue weighted by molar-refractivity contribution is 7.14. The number of nitrogens with one attached hydrogen (secondary N) is 1. The molecule has 0 atom stereocenters. The van der Waals surface area contributed by atoms with E-state index in [1.807, 2.05) is 17.9 Å². The number of carboxylic acids is 1. The first-order chi connectivity index (χ1) is 9.92. The van der Waals surface area contributed by atoms with Gasteiger partial charge in [0.25, 0.3) is 0 Å². The monoisotopic (exact) mass is 309 g/mol. The normalized spacial score (nSPS) is 16.8. The van der Waals surface area contributed by atoms with Crippen LogP contribution in [0.4, 0.5) is 5.00 Å². The van der Waals surface area contributed by atoms with Gasteiger partial charge in [-0.05, 0) is 18.4 Å². The molecule has 7 nitrogen and oxygen atoms in total. The number of likely N-dealkylation sites (tertiary alicyclic amines) is 1. The van der Waals surface area contributed by atoms with E-state index >= 15 is 0 Å². The summed E-state index contributed by atoms with van der Waals surface area (Å²) in [6, 6.07) is 3.66. The zero-order valence-corrected chi connectivity index (χ0v) is 12.3. The number of aliphatic carboxylic acids is 1. The smallest absolute Gasteiger partial charge is 0.329 e. The lowest BCUT2D eigenvalue weighted by Gasteiger charge is -2.46. The van der Waals surface area contributed by atoms with Crippen LogP contribution in [0.15, 0.2) is 11.4 Å². The first-order valence-corrected chi connectivity index (χ1v) is 7.15. The maximum Gasteiger partial charge on any atom is 0.329 e. The topological polar surface area (TPSA) is 103 Å². The van der Waals surface area contributed by atoms with Gasteiger partial charge in [-0.15, -0.1) is 11.3 Å². The number of anilines is 1. The fourth-order valence-electron chi connectivity index (χ4n) is 2.20. The molecule has 1 amide bonds. The van der Waals surface area contributed by atoms with Crippen molar-refractivity contribution in [3.05, 3.63) is 17.0 Å². The molecule has 2 rings (SSSR count). The largest absolute Gasteiger partial charge is 0.480 e. The Morgan fingerprint density at radius 3 is 2.95 bits per heavy atom. The number of carbonyl (C=O) groups excluding carboxylic acids is 1. The third kappa shape index (κ3) is 4.01. The van der Waals surface area contributed by atoms with E-state index in [4.69, 9.17) is 15.1 Å². The average Bonchev–Trinajstić information content (AvgIpc) is 2.81. The second kappa shape index (κ2) is 6.22. The summed E-state index contributed by atoms with van der Waals surface area (Å²) in [4.78, 5) is 24.2. The molecule has 0 aromatic carbocycles. The van der Waals surface area contributed by atoms with Crippen LogP contribution in [0.3, 0.4) is 0 Å². The van der Waals surface area contributed by atoms with Crippen LogP contribution in [-0.4, -0.2) is 53.7 Å². The predicted molar refractivity (Wildman–Crippen MR) is 76.1 cm³/mol. The van der Waals surface area contributed by atoms with Gasteiger partial charge in [0.05, 0.1) is 17.7 Å². The van der Waals surface area contributed by atoms with Gasteiger partial charge < -0.3 is 15.2 Å². The van der Waals surface area contributed by atoms with Crippen molar-refractivity contribution in [3.63, 3.8) is 0 Å². The second-order valence-electron chi connectivity index (χ2n) is 5.10. The molecular weight excluding hydrogens is 294 g/mol. The summed E-state index contributed by atoms with van der Waals surface area (Å²) >= 11 is 1.30. The first-order valence-electron chi connectivity index (χ1n) is 6.27. The van der Waals surface area contributed by atoms with Gasteiger partial charge >= 0.3 is 5.97 Å². The Labute approximate surface area is 125 Å². The number of hydrogen-bond acceptors (Lipinski definition) is 6. The van der Waals surface area contributed by atoms with Crippen molar-refractivity contribution in [2.45, 2.75) is 12.5 Å². The second-order valence-corrected chi connectivity index (χ2v) is 6.02. The van der Waals surface area contributed by atoms with Gasteiger partial charge in [0, 0.05) is 13.1 Å². The van der Waals surface area contributed by atoms with Crippen LogP contribution in [-0.2, 0) is 14.3 Å². The average molecular weight is 309 g/mol. The van der Waals surface area contributed by atoms with Crippen LogP contribution in [0, 0.1) is 11.3 Å². The van der Waals surface area contributed by atoms with Crippen LogP contribution in [0.1, 0.15) is 12.5 Å². The van der Waals surface area contributed by atoms with E-state index in [9.17, 15) is 9.59 Å². The quantitative estimate of drug-likeness (QED) is 0.803. The Balaban J connectivity index is 1.76. The van der Waals surface area contributed by atoms with Crippen LogP contribution in [0.5, 0.6) is 0 Å². The summed E-state index contributed by atoms with van der Waals surface area (Å²) in [7, 11) is 0. The summed E-state index contributed by atoms with van der Waals surface area (Å²) in [5.41, 5.74) is -0.0639. The molecule has 0 aliphatic carbocycles. The highest BCUT2D eigenvalue weighted by Crippen LogP contribution is 2.25. The molecule has 0 spiro atoms. The van der Waals surface area contributed by atoms with Gasteiger partial charge in [-0.25, -0.2) is 4.79 Å². The summed E-state index contributed by atoms with van der Waals surface area (Å²) in [6.45, 7) is 2.68. The molecule has 2 heterocycles. The Hall–Kier alpha value is -1.95. The van der Waals surface area contributed by atoms with E-state index in [1.54, 1.807) is 11.4 Å². The predicted octanol–water partition coefficient (Wildman–Crippen LogP) is 0.734. The third-order valence-corrected chi connectivity index (χ3v) is 3.90. The van der Waals surface area contributed by atoms with E-state index < -0.39 is 11.6 Å². The van der Waals surface area contributed by atoms with Crippen molar-refractivity contribution in [1.82, 2.24) is 4.90 Å². The molecule has 2 N–H and O–H groups in total. The molecule has 1 aromatic heterocycles. The molecule has 1 aliphatic heterocycles. The molecule has 0 radical (unpaired) electrons. The number of hydrogen-bond donors (Lipinski definition) is 2. The van der Waals surface area contributed by atoms with Crippen molar-refractivity contribution in [2.75, 3.05) is 31.6 Å². The zero-order chi connectivity index (χ0) is 15.5.